The van der Waals surface area contributed by atoms with Crippen molar-refractivity contribution in [2.45, 2.75) is 11.3 Å². The number of hydrogen-bond acceptors (Lipinski definition) is 3. The van der Waals surface area contributed by atoms with Gasteiger partial charge in [-0.05, 0) is 35.9 Å². The SMILES string of the molecule is NS(=O)(=O)c1cccc(NC(=O)Cc2ccc(Br)cc2)c1. The van der Waals surface area contributed by atoms with E-state index in [1.165, 1.54) is 18.2 Å². The van der Waals surface area contributed by atoms with Crippen LogP contribution < -0.4 is 10.5 Å². The average molecular weight is 369 g/mol. The van der Waals surface area contributed by atoms with Gasteiger partial charge in [0, 0.05) is 10.2 Å². The number of benzene rings is 2. The molecule has 0 fully saturated rings. The van der Waals surface area contributed by atoms with Crippen molar-refractivity contribution in [3.05, 3.63) is 58.6 Å². The van der Waals surface area contributed by atoms with Crippen molar-refractivity contribution in [3.8, 4) is 0 Å². The van der Waals surface area contributed by atoms with E-state index < -0.39 is 10.0 Å². The summed E-state index contributed by atoms with van der Waals surface area (Å²) >= 11 is 3.32. The molecular formula is C14H13BrN2O3S. The van der Waals surface area contributed by atoms with Crippen molar-refractivity contribution in [1.29, 1.82) is 0 Å². The number of rotatable bonds is 4. The highest BCUT2D eigenvalue weighted by Crippen LogP contribution is 2.15. The van der Waals surface area contributed by atoms with Crippen LogP contribution in [0.1, 0.15) is 5.56 Å². The Morgan fingerprint density at radius 1 is 1.14 bits per heavy atom. The minimum Gasteiger partial charge on any atom is -0.326 e. The number of hydrogen-bond donors (Lipinski definition) is 2. The Bertz CT molecular complexity index is 758. The lowest BCUT2D eigenvalue weighted by molar-refractivity contribution is -0.115. The lowest BCUT2D eigenvalue weighted by Gasteiger charge is -2.07. The second-order valence-corrected chi connectivity index (χ2v) is 6.90. The maximum Gasteiger partial charge on any atom is 0.238 e. The molecule has 0 heterocycles. The summed E-state index contributed by atoms with van der Waals surface area (Å²) in [6.45, 7) is 0. The van der Waals surface area contributed by atoms with Crippen molar-refractivity contribution < 1.29 is 13.2 Å². The van der Waals surface area contributed by atoms with Gasteiger partial charge in [-0.2, -0.15) is 0 Å². The Hall–Kier alpha value is -1.70. The van der Waals surface area contributed by atoms with E-state index in [0.717, 1.165) is 10.0 Å². The number of sulfonamides is 1. The van der Waals surface area contributed by atoms with Crippen LogP contribution in [0.25, 0.3) is 0 Å². The molecule has 0 unspecified atom stereocenters. The predicted molar refractivity (Wildman–Crippen MR) is 84.3 cm³/mol. The van der Waals surface area contributed by atoms with Gasteiger partial charge in [0.1, 0.15) is 0 Å². The molecule has 0 atom stereocenters. The molecule has 0 aromatic heterocycles. The highest BCUT2D eigenvalue weighted by Gasteiger charge is 2.09. The molecule has 0 bridgehead atoms. The highest BCUT2D eigenvalue weighted by atomic mass is 79.9. The smallest absolute Gasteiger partial charge is 0.238 e. The zero-order valence-electron chi connectivity index (χ0n) is 10.9. The van der Waals surface area contributed by atoms with Gasteiger partial charge < -0.3 is 5.32 Å². The molecule has 1 amide bonds. The topological polar surface area (TPSA) is 89.3 Å². The van der Waals surface area contributed by atoms with Crippen LogP contribution in [0, 0.1) is 0 Å². The van der Waals surface area contributed by atoms with E-state index in [1.807, 2.05) is 24.3 Å². The fourth-order valence-corrected chi connectivity index (χ4v) is 2.57. The van der Waals surface area contributed by atoms with Crippen LogP contribution in [0.5, 0.6) is 0 Å². The summed E-state index contributed by atoms with van der Waals surface area (Å²) in [6.07, 6.45) is 0.201. The van der Waals surface area contributed by atoms with Crippen LogP contribution in [0.3, 0.4) is 0 Å². The summed E-state index contributed by atoms with van der Waals surface area (Å²) in [6, 6.07) is 13.2. The molecule has 5 nitrogen and oxygen atoms in total. The number of amides is 1. The third-order valence-electron chi connectivity index (χ3n) is 2.72. The largest absolute Gasteiger partial charge is 0.326 e. The number of anilines is 1. The van der Waals surface area contributed by atoms with Gasteiger partial charge in [0.25, 0.3) is 0 Å². The Labute approximate surface area is 131 Å². The number of nitrogens with one attached hydrogen (secondary N) is 1. The fraction of sp³-hybridized carbons (Fsp3) is 0.0714. The zero-order chi connectivity index (χ0) is 15.5. The Kier molecular flexibility index (Phi) is 4.76. The van der Waals surface area contributed by atoms with Crippen molar-refractivity contribution >= 4 is 37.5 Å². The predicted octanol–water partition coefficient (Wildman–Crippen LogP) is 2.28. The molecule has 0 aliphatic carbocycles. The van der Waals surface area contributed by atoms with E-state index in [1.54, 1.807) is 6.07 Å². The summed E-state index contributed by atoms with van der Waals surface area (Å²) in [5.41, 5.74) is 1.25. The van der Waals surface area contributed by atoms with Crippen LogP contribution in [0.15, 0.2) is 57.9 Å². The molecule has 7 heteroatoms. The van der Waals surface area contributed by atoms with Crippen molar-refractivity contribution in [2.75, 3.05) is 5.32 Å². The van der Waals surface area contributed by atoms with Gasteiger partial charge in [-0.1, -0.05) is 34.1 Å². The van der Waals surface area contributed by atoms with Crippen LogP contribution in [0.2, 0.25) is 0 Å². The van der Waals surface area contributed by atoms with Crippen molar-refractivity contribution in [2.24, 2.45) is 5.14 Å². The molecule has 0 aliphatic heterocycles. The molecule has 2 aromatic carbocycles. The first kappa shape index (κ1) is 15.7. The van der Waals surface area contributed by atoms with Crippen LogP contribution in [-0.4, -0.2) is 14.3 Å². The number of carbonyl (C=O) groups excluding carboxylic acids is 1. The van der Waals surface area contributed by atoms with Gasteiger partial charge in [0.05, 0.1) is 11.3 Å². The number of carbonyl (C=O) groups is 1. The minimum atomic E-state index is -3.78. The van der Waals surface area contributed by atoms with Crippen LogP contribution >= 0.6 is 15.9 Å². The molecule has 21 heavy (non-hydrogen) atoms. The molecule has 2 rings (SSSR count). The van der Waals surface area contributed by atoms with E-state index in [-0.39, 0.29) is 17.2 Å². The average Bonchev–Trinajstić information content (AvgIpc) is 2.41. The van der Waals surface area contributed by atoms with Gasteiger partial charge in [-0.3, -0.25) is 4.79 Å². The summed E-state index contributed by atoms with van der Waals surface area (Å²) < 4.78 is 23.4. The van der Waals surface area contributed by atoms with Gasteiger partial charge in [-0.15, -0.1) is 0 Å². The maximum atomic E-state index is 11.9. The first-order valence-electron chi connectivity index (χ1n) is 6.02. The summed E-state index contributed by atoms with van der Waals surface area (Å²) in [5, 5.41) is 7.70. The molecule has 0 spiro atoms. The molecule has 0 saturated carbocycles. The molecule has 0 radical (unpaired) electrons. The molecule has 0 saturated heterocycles. The van der Waals surface area contributed by atoms with E-state index in [9.17, 15) is 13.2 Å². The summed E-state index contributed by atoms with van der Waals surface area (Å²) in [5.74, 6) is -0.233. The monoisotopic (exact) mass is 368 g/mol. The minimum absolute atomic E-state index is 0.0380. The van der Waals surface area contributed by atoms with Gasteiger partial charge in [0.2, 0.25) is 15.9 Å². The van der Waals surface area contributed by atoms with Gasteiger partial charge in [0.15, 0.2) is 0 Å². The first-order chi connectivity index (χ1) is 9.84. The van der Waals surface area contributed by atoms with E-state index in [4.69, 9.17) is 5.14 Å². The number of halogens is 1. The molecule has 2 aromatic rings. The second-order valence-electron chi connectivity index (χ2n) is 4.42. The Morgan fingerprint density at radius 2 is 1.81 bits per heavy atom. The lowest BCUT2D eigenvalue weighted by Crippen LogP contribution is -2.16. The first-order valence-corrected chi connectivity index (χ1v) is 8.36. The fourth-order valence-electron chi connectivity index (χ4n) is 1.74. The third-order valence-corrected chi connectivity index (χ3v) is 4.16. The number of nitrogens with two attached hydrogens (primary N) is 1. The molecule has 3 N–H and O–H groups in total. The zero-order valence-corrected chi connectivity index (χ0v) is 13.3. The summed E-state index contributed by atoms with van der Waals surface area (Å²) in [4.78, 5) is 11.9. The van der Waals surface area contributed by atoms with Crippen LogP contribution in [-0.2, 0) is 21.2 Å². The third kappa shape index (κ3) is 4.66. The van der Waals surface area contributed by atoms with Crippen molar-refractivity contribution in [1.82, 2.24) is 0 Å². The van der Waals surface area contributed by atoms with Crippen LogP contribution in [0.4, 0.5) is 5.69 Å². The van der Waals surface area contributed by atoms with E-state index in [2.05, 4.69) is 21.2 Å². The maximum absolute atomic E-state index is 11.9. The van der Waals surface area contributed by atoms with Gasteiger partial charge >= 0.3 is 0 Å². The highest BCUT2D eigenvalue weighted by molar-refractivity contribution is 9.10. The standard InChI is InChI=1S/C14H13BrN2O3S/c15-11-6-4-10(5-7-11)8-14(18)17-12-2-1-3-13(9-12)21(16,19)20/h1-7,9H,8H2,(H,17,18)(H2,16,19,20). The Balaban J connectivity index is 2.08. The lowest BCUT2D eigenvalue weighted by atomic mass is 10.1. The van der Waals surface area contributed by atoms with E-state index >= 15 is 0 Å². The van der Waals surface area contributed by atoms with Gasteiger partial charge in [-0.25, -0.2) is 13.6 Å². The molecule has 0 aliphatic rings. The molecular weight excluding hydrogens is 356 g/mol. The summed E-state index contributed by atoms with van der Waals surface area (Å²) in [7, 11) is -3.78. The second kappa shape index (κ2) is 6.38. The number of primary sulfonamides is 1. The Morgan fingerprint density at radius 3 is 2.43 bits per heavy atom. The molecule has 110 valence electrons. The normalized spacial score (nSPS) is 11.1. The van der Waals surface area contributed by atoms with E-state index in [0.29, 0.717) is 5.69 Å². The quantitative estimate of drug-likeness (QED) is 0.867. The van der Waals surface area contributed by atoms with Crippen molar-refractivity contribution in [3.63, 3.8) is 0 Å².